The number of rotatable bonds is 1. The second-order valence-corrected chi connectivity index (χ2v) is 3.51. The lowest BCUT2D eigenvalue weighted by Crippen LogP contribution is -2.46. The molecule has 0 aromatic carbocycles. The first-order chi connectivity index (χ1) is 5.54. The van der Waals surface area contributed by atoms with E-state index in [1.54, 1.807) is 11.8 Å². The van der Waals surface area contributed by atoms with Crippen LogP contribution in [-0.4, -0.2) is 35.5 Å². The average molecular weight is 208 g/mol. The highest BCUT2D eigenvalue weighted by Gasteiger charge is 2.32. The van der Waals surface area contributed by atoms with Gasteiger partial charge in [-0.25, -0.2) is 0 Å². The number of nitrogens with zero attached hydrogens (tertiary/aromatic N) is 1. The van der Waals surface area contributed by atoms with Crippen molar-refractivity contribution in [1.82, 2.24) is 4.90 Å². The van der Waals surface area contributed by atoms with Crippen molar-refractivity contribution < 1.29 is 4.79 Å². The lowest BCUT2D eigenvalue weighted by atomic mass is 10.1. The molecule has 78 valence electrons. The van der Waals surface area contributed by atoms with Crippen LogP contribution in [0.1, 0.15) is 20.3 Å². The van der Waals surface area contributed by atoms with Gasteiger partial charge in [-0.1, -0.05) is 0 Å². The minimum Gasteiger partial charge on any atom is -0.337 e. The van der Waals surface area contributed by atoms with E-state index in [0.717, 1.165) is 13.0 Å². The molecule has 0 radical (unpaired) electrons. The van der Waals surface area contributed by atoms with Crippen molar-refractivity contribution >= 4 is 18.3 Å². The molecule has 1 fully saturated rings. The Morgan fingerprint density at radius 3 is 2.46 bits per heavy atom. The lowest BCUT2D eigenvalue weighted by molar-refractivity contribution is -0.132. The SMILES string of the molecule is CC1C(N)CCN1C(=O)[C@H](C)N.Cl. The molecule has 1 aliphatic rings. The molecule has 1 aliphatic heterocycles. The zero-order chi connectivity index (χ0) is 9.30. The first-order valence-corrected chi connectivity index (χ1v) is 4.35. The topological polar surface area (TPSA) is 72.3 Å². The van der Waals surface area contributed by atoms with E-state index in [1.807, 2.05) is 6.92 Å². The maximum Gasteiger partial charge on any atom is 0.239 e. The predicted octanol–water partition coefficient (Wildman–Crippen LogP) is -0.296. The van der Waals surface area contributed by atoms with Crippen molar-refractivity contribution in [3.63, 3.8) is 0 Å². The van der Waals surface area contributed by atoms with Crippen LogP contribution in [0.4, 0.5) is 0 Å². The van der Waals surface area contributed by atoms with Crippen molar-refractivity contribution in [3.05, 3.63) is 0 Å². The van der Waals surface area contributed by atoms with Gasteiger partial charge in [0.1, 0.15) is 0 Å². The zero-order valence-corrected chi connectivity index (χ0v) is 8.88. The maximum absolute atomic E-state index is 11.4. The molecule has 2 unspecified atom stereocenters. The molecule has 0 bridgehead atoms. The van der Waals surface area contributed by atoms with Crippen molar-refractivity contribution in [2.24, 2.45) is 11.5 Å². The number of carbonyl (C=O) groups excluding carboxylic acids is 1. The predicted molar refractivity (Wildman–Crippen MR) is 54.7 cm³/mol. The van der Waals surface area contributed by atoms with Crippen molar-refractivity contribution in [2.75, 3.05) is 6.54 Å². The van der Waals surface area contributed by atoms with Gasteiger partial charge in [0.15, 0.2) is 0 Å². The van der Waals surface area contributed by atoms with Crippen LogP contribution in [0.15, 0.2) is 0 Å². The van der Waals surface area contributed by atoms with Crippen molar-refractivity contribution in [2.45, 2.75) is 38.4 Å². The van der Waals surface area contributed by atoms with Gasteiger partial charge in [0.25, 0.3) is 0 Å². The van der Waals surface area contributed by atoms with E-state index in [4.69, 9.17) is 11.5 Å². The molecular weight excluding hydrogens is 190 g/mol. The lowest BCUT2D eigenvalue weighted by Gasteiger charge is -2.24. The standard InChI is InChI=1S/C8H17N3O.ClH/c1-5(9)8(12)11-4-3-7(10)6(11)2;/h5-7H,3-4,9-10H2,1-2H3;1H/t5-,6?,7?;/m0./s1. The quantitative estimate of drug-likeness (QED) is 0.621. The molecule has 4 N–H and O–H groups in total. The van der Waals surface area contributed by atoms with Crippen LogP contribution in [0.5, 0.6) is 0 Å². The summed E-state index contributed by atoms with van der Waals surface area (Å²) in [5.74, 6) is 0.00968. The van der Waals surface area contributed by atoms with Gasteiger partial charge in [0.2, 0.25) is 5.91 Å². The summed E-state index contributed by atoms with van der Waals surface area (Å²) < 4.78 is 0. The molecule has 0 aromatic rings. The highest BCUT2D eigenvalue weighted by atomic mass is 35.5. The van der Waals surface area contributed by atoms with E-state index >= 15 is 0 Å². The first kappa shape index (κ1) is 12.7. The number of hydrogen-bond acceptors (Lipinski definition) is 3. The van der Waals surface area contributed by atoms with E-state index < -0.39 is 6.04 Å². The molecule has 0 aromatic heterocycles. The van der Waals surface area contributed by atoms with Gasteiger partial charge < -0.3 is 16.4 Å². The molecule has 13 heavy (non-hydrogen) atoms. The molecule has 1 saturated heterocycles. The summed E-state index contributed by atoms with van der Waals surface area (Å²) in [5.41, 5.74) is 11.3. The Kier molecular flexibility index (Phi) is 4.67. The van der Waals surface area contributed by atoms with Crippen LogP contribution in [0.2, 0.25) is 0 Å². The van der Waals surface area contributed by atoms with Crippen LogP contribution in [0.25, 0.3) is 0 Å². The van der Waals surface area contributed by atoms with Crippen LogP contribution in [-0.2, 0) is 4.79 Å². The summed E-state index contributed by atoms with van der Waals surface area (Å²) in [6, 6.07) is -0.144. The van der Waals surface area contributed by atoms with Gasteiger partial charge >= 0.3 is 0 Å². The molecule has 5 heteroatoms. The normalized spacial score (nSPS) is 29.7. The largest absolute Gasteiger partial charge is 0.337 e. The number of carbonyl (C=O) groups is 1. The Hall–Kier alpha value is -0.320. The van der Waals surface area contributed by atoms with Crippen LogP contribution < -0.4 is 11.5 Å². The first-order valence-electron chi connectivity index (χ1n) is 4.35. The summed E-state index contributed by atoms with van der Waals surface area (Å²) in [7, 11) is 0. The van der Waals surface area contributed by atoms with Gasteiger partial charge in [-0.05, 0) is 20.3 Å². The Morgan fingerprint density at radius 2 is 2.15 bits per heavy atom. The van der Waals surface area contributed by atoms with Gasteiger partial charge in [0, 0.05) is 18.6 Å². The third-order valence-corrected chi connectivity index (χ3v) is 2.49. The van der Waals surface area contributed by atoms with Crippen molar-refractivity contribution in [3.8, 4) is 0 Å². The molecule has 1 rings (SSSR count). The van der Waals surface area contributed by atoms with Crippen LogP contribution in [0, 0.1) is 0 Å². The molecule has 3 atom stereocenters. The summed E-state index contributed by atoms with van der Waals surface area (Å²) in [6.07, 6.45) is 0.889. The zero-order valence-electron chi connectivity index (χ0n) is 8.06. The van der Waals surface area contributed by atoms with Crippen molar-refractivity contribution in [1.29, 1.82) is 0 Å². The van der Waals surface area contributed by atoms with Gasteiger partial charge in [-0.15, -0.1) is 12.4 Å². The van der Waals surface area contributed by atoms with Gasteiger partial charge in [-0.2, -0.15) is 0 Å². The summed E-state index contributed by atoms with van der Waals surface area (Å²) in [5, 5.41) is 0. The van der Waals surface area contributed by atoms with E-state index in [0.29, 0.717) is 0 Å². The molecule has 0 aliphatic carbocycles. The fourth-order valence-corrected chi connectivity index (χ4v) is 1.54. The molecule has 1 heterocycles. The van der Waals surface area contributed by atoms with E-state index in [1.165, 1.54) is 0 Å². The van der Waals surface area contributed by atoms with Crippen LogP contribution >= 0.6 is 12.4 Å². The van der Waals surface area contributed by atoms with E-state index in [-0.39, 0.29) is 30.4 Å². The summed E-state index contributed by atoms with van der Waals surface area (Å²) >= 11 is 0. The number of amides is 1. The highest BCUT2D eigenvalue weighted by molar-refractivity contribution is 5.85. The van der Waals surface area contributed by atoms with Crippen LogP contribution in [0.3, 0.4) is 0 Å². The highest BCUT2D eigenvalue weighted by Crippen LogP contribution is 2.16. The fraction of sp³-hybridized carbons (Fsp3) is 0.875. The number of halogens is 1. The Balaban J connectivity index is 0.00000144. The second-order valence-electron chi connectivity index (χ2n) is 3.51. The average Bonchev–Trinajstić information content (AvgIpc) is 2.32. The maximum atomic E-state index is 11.4. The Morgan fingerprint density at radius 1 is 1.62 bits per heavy atom. The smallest absolute Gasteiger partial charge is 0.239 e. The molecule has 1 amide bonds. The monoisotopic (exact) mass is 207 g/mol. The number of hydrogen-bond donors (Lipinski definition) is 2. The molecule has 0 saturated carbocycles. The third kappa shape index (κ3) is 2.56. The number of likely N-dealkylation sites (tertiary alicyclic amines) is 1. The molecular formula is C8H18ClN3O. The molecule has 4 nitrogen and oxygen atoms in total. The van der Waals surface area contributed by atoms with E-state index in [2.05, 4.69) is 0 Å². The summed E-state index contributed by atoms with van der Waals surface area (Å²) in [4.78, 5) is 13.2. The Bertz CT molecular complexity index is 186. The third-order valence-electron chi connectivity index (χ3n) is 2.49. The summed E-state index contributed by atoms with van der Waals surface area (Å²) in [6.45, 7) is 4.43. The second kappa shape index (κ2) is 4.79. The van der Waals surface area contributed by atoms with Gasteiger partial charge in [0.05, 0.1) is 6.04 Å². The Labute approximate surface area is 85.0 Å². The molecule has 0 spiro atoms. The minimum atomic E-state index is -0.405. The fourth-order valence-electron chi connectivity index (χ4n) is 1.54. The van der Waals surface area contributed by atoms with Gasteiger partial charge in [-0.3, -0.25) is 4.79 Å². The number of nitrogens with two attached hydrogens (primary N) is 2. The minimum absolute atomic E-state index is 0. The van der Waals surface area contributed by atoms with E-state index in [9.17, 15) is 4.79 Å².